The van der Waals surface area contributed by atoms with Crippen molar-refractivity contribution in [2.45, 2.75) is 52.6 Å². The van der Waals surface area contributed by atoms with Crippen LogP contribution in [-0.2, 0) is 6.42 Å². The summed E-state index contributed by atoms with van der Waals surface area (Å²) in [4.78, 5) is 2.63. The number of piperazine rings is 1. The molecule has 2 nitrogen and oxygen atoms in total. The fourth-order valence-corrected chi connectivity index (χ4v) is 3.46. The van der Waals surface area contributed by atoms with E-state index in [2.05, 4.69) is 72.0 Å². The van der Waals surface area contributed by atoms with Crippen molar-refractivity contribution in [1.82, 2.24) is 5.32 Å². The average molecular weight is 339 g/mol. The van der Waals surface area contributed by atoms with Gasteiger partial charge in [-0.2, -0.15) is 0 Å². The summed E-state index contributed by atoms with van der Waals surface area (Å²) in [5.41, 5.74) is 2.87. The first-order valence-corrected chi connectivity index (χ1v) is 8.64. The molecule has 0 saturated carbocycles. The molecule has 1 heterocycles. The normalized spacial score (nSPS) is 23.4. The zero-order chi connectivity index (χ0) is 14.7. The van der Waals surface area contributed by atoms with Crippen molar-refractivity contribution in [3.63, 3.8) is 0 Å². The predicted molar refractivity (Wildman–Crippen MR) is 91.6 cm³/mol. The van der Waals surface area contributed by atoms with Gasteiger partial charge in [-0.25, -0.2) is 0 Å². The van der Waals surface area contributed by atoms with Crippen LogP contribution in [0.15, 0.2) is 22.7 Å². The van der Waals surface area contributed by atoms with Crippen molar-refractivity contribution in [3.8, 4) is 0 Å². The van der Waals surface area contributed by atoms with E-state index in [0.29, 0.717) is 18.0 Å². The number of nitrogens with zero attached hydrogens (tertiary/aromatic N) is 1. The fraction of sp³-hybridized carbons (Fsp3) is 0.647. The van der Waals surface area contributed by atoms with Crippen molar-refractivity contribution in [1.29, 1.82) is 0 Å². The Morgan fingerprint density at radius 2 is 2.10 bits per heavy atom. The number of anilines is 1. The topological polar surface area (TPSA) is 15.3 Å². The second-order valence-electron chi connectivity index (χ2n) is 6.10. The van der Waals surface area contributed by atoms with Crippen LogP contribution in [0.4, 0.5) is 5.69 Å². The summed E-state index contributed by atoms with van der Waals surface area (Å²) < 4.78 is 1.18. The van der Waals surface area contributed by atoms with Gasteiger partial charge in [0.05, 0.1) is 0 Å². The number of aryl methyl sites for hydroxylation is 1. The van der Waals surface area contributed by atoms with E-state index in [9.17, 15) is 0 Å². The first-order chi connectivity index (χ1) is 9.56. The molecule has 0 radical (unpaired) electrons. The molecule has 2 unspecified atom stereocenters. The molecule has 0 aliphatic carbocycles. The van der Waals surface area contributed by atoms with E-state index >= 15 is 0 Å². The van der Waals surface area contributed by atoms with Crippen molar-refractivity contribution in [2.24, 2.45) is 5.92 Å². The second-order valence-corrected chi connectivity index (χ2v) is 7.02. The lowest BCUT2D eigenvalue weighted by Gasteiger charge is -2.44. The molecule has 2 atom stereocenters. The molecule has 1 saturated heterocycles. The van der Waals surface area contributed by atoms with Crippen LogP contribution in [0.3, 0.4) is 0 Å². The van der Waals surface area contributed by atoms with Crippen molar-refractivity contribution in [3.05, 3.63) is 28.2 Å². The Labute approximate surface area is 132 Å². The number of nitrogens with one attached hydrogen (secondary N) is 1. The van der Waals surface area contributed by atoms with Crippen molar-refractivity contribution in [2.75, 3.05) is 18.0 Å². The Morgan fingerprint density at radius 3 is 2.70 bits per heavy atom. The minimum atomic E-state index is 0.589. The monoisotopic (exact) mass is 338 g/mol. The summed E-state index contributed by atoms with van der Waals surface area (Å²) in [6, 6.07) is 7.93. The average Bonchev–Trinajstić information content (AvgIpc) is 2.46. The van der Waals surface area contributed by atoms with Crippen LogP contribution < -0.4 is 10.2 Å². The van der Waals surface area contributed by atoms with Gasteiger partial charge in [0.25, 0.3) is 0 Å². The molecule has 0 bridgehead atoms. The molecule has 3 heteroatoms. The number of hydrogen-bond donors (Lipinski definition) is 1. The smallest absolute Gasteiger partial charge is 0.0412 e. The van der Waals surface area contributed by atoms with E-state index in [1.165, 1.54) is 22.1 Å². The molecule has 112 valence electrons. The van der Waals surface area contributed by atoms with Gasteiger partial charge in [0.1, 0.15) is 0 Å². The lowest BCUT2D eigenvalue weighted by Crippen LogP contribution is -2.58. The molecule has 1 fully saturated rings. The van der Waals surface area contributed by atoms with Crippen LogP contribution in [0.1, 0.15) is 39.7 Å². The molecule has 0 aromatic heterocycles. The van der Waals surface area contributed by atoms with Crippen LogP contribution in [0.5, 0.6) is 0 Å². The third-order valence-corrected chi connectivity index (χ3v) is 4.95. The highest BCUT2D eigenvalue weighted by molar-refractivity contribution is 9.10. The Kier molecular flexibility index (Phi) is 5.50. The minimum absolute atomic E-state index is 0.589. The van der Waals surface area contributed by atoms with Gasteiger partial charge in [0.15, 0.2) is 0 Å². The highest BCUT2D eigenvalue weighted by Gasteiger charge is 2.29. The van der Waals surface area contributed by atoms with E-state index < -0.39 is 0 Å². The van der Waals surface area contributed by atoms with Crippen LogP contribution in [0.2, 0.25) is 0 Å². The lowest BCUT2D eigenvalue weighted by atomic mass is 9.96. The van der Waals surface area contributed by atoms with Crippen molar-refractivity contribution >= 4 is 21.6 Å². The Bertz CT molecular complexity index is 445. The quantitative estimate of drug-likeness (QED) is 0.883. The summed E-state index contributed by atoms with van der Waals surface area (Å²) >= 11 is 3.60. The maximum Gasteiger partial charge on any atom is 0.0412 e. The zero-order valence-electron chi connectivity index (χ0n) is 13.1. The van der Waals surface area contributed by atoms with E-state index in [4.69, 9.17) is 0 Å². The standard InChI is InChI=1S/C17H27BrN2/c1-5-13-9-14(18)7-8-17(13)20-11-16(12(3)4)19-10-15(20)6-2/h7-9,12,15-16,19H,5-6,10-11H2,1-4H3. The Morgan fingerprint density at radius 1 is 1.35 bits per heavy atom. The Hall–Kier alpha value is -0.540. The van der Waals surface area contributed by atoms with E-state index in [1.54, 1.807) is 0 Å². The maximum atomic E-state index is 3.72. The molecule has 20 heavy (non-hydrogen) atoms. The summed E-state index contributed by atoms with van der Waals surface area (Å²) in [6.45, 7) is 11.4. The number of halogens is 1. The Balaban J connectivity index is 2.31. The van der Waals surface area contributed by atoms with E-state index in [0.717, 1.165) is 19.5 Å². The molecule has 1 aliphatic heterocycles. The summed E-state index contributed by atoms with van der Waals surface area (Å²) in [5.74, 6) is 0.677. The fourth-order valence-electron chi connectivity index (χ4n) is 3.05. The highest BCUT2D eigenvalue weighted by Crippen LogP contribution is 2.29. The highest BCUT2D eigenvalue weighted by atomic mass is 79.9. The van der Waals surface area contributed by atoms with Gasteiger partial charge in [-0.15, -0.1) is 0 Å². The molecule has 1 aliphatic rings. The number of rotatable bonds is 4. The maximum absolute atomic E-state index is 3.72. The predicted octanol–water partition coefficient (Wildman–Crippen LogP) is 4.22. The molecule has 2 rings (SSSR count). The number of hydrogen-bond acceptors (Lipinski definition) is 2. The van der Waals surface area contributed by atoms with Crippen LogP contribution in [0.25, 0.3) is 0 Å². The molecule has 0 amide bonds. The van der Waals surface area contributed by atoms with Gasteiger partial charge >= 0.3 is 0 Å². The van der Waals surface area contributed by atoms with Gasteiger partial charge in [0.2, 0.25) is 0 Å². The van der Waals surface area contributed by atoms with Gasteiger partial charge in [0, 0.05) is 35.3 Å². The third-order valence-electron chi connectivity index (χ3n) is 4.46. The van der Waals surface area contributed by atoms with Gasteiger partial charge in [-0.1, -0.05) is 43.6 Å². The van der Waals surface area contributed by atoms with Crippen molar-refractivity contribution < 1.29 is 0 Å². The van der Waals surface area contributed by atoms with Crippen LogP contribution in [-0.4, -0.2) is 25.2 Å². The molecular weight excluding hydrogens is 312 g/mol. The third kappa shape index (κ3) is 3.37. The van der Waals surface area contributed by atoms with Gasteiger partial charge < -0.3 is 10.2 Å². The van der Waals surface area contributed by atoms with E-state index in [-0.39, 0.29) is 0 Å². The zero-order valence-corrected chi connectivity index (χ0v) is 14.7. The summed E-state index contributed by atoms with van der Waals surface area (Å²) in [6.07, 6.45) is 2.28. The van der Waals surface area contributed by atoms with Gasteiger partial charge in [-0.3, -0.25) is 0 Å². The summed E-state index contributed by atoms with van der Waals surface area (Å²) in [5, 5.41) is 3.72. The van der Waals surface area contributed by atoms with Crippen LogP contribution >= 0.6 is 15.9 Å². The summed E-state index contributed by atoms with van der Waals surface area (Å²) in [7, 11) is 0. The largest absolute Gasteiger partial charge is 0.365 e. The molecule has 0 spiro atoms. The molecular formula is C17H27BrN2. The first kappa shape index (κ1) is 15.8. The molecule has 1 aromatic carbocycles. The second kappa shape index (κ2) is 6.95. The number of benzene rings is 1. The lowest BCUT2D eigenvalue weighted by molar-refractivity contribution is 0.325. The molecule has 1 N–H and O–H groups in total. The first-order valence-electron chi connectivity index (χ1n) is 7.85. The minimum Gasteiger partial charge on any atom is -0.365 e. The molecule has 1 aromatic rings. The SMILES string of the molecule is CCc1cc(Br)ccc1N1CC(C(C)C)NCC1CC. The van der Waals surface area contributed by atoms with Crippen LogP contribution in [0, 0.1) is 5.92 Å². The van der Waals surface area contributed by atoms with Gasteiger partial charge in [-0.05, 0) is 42.5 Å². The van der Waals surface area contributed by atoms with E-state index in [1.807, 2.05) is 0 Å².